The normalized spacial score (nSPS) is 14.2. The summed E-state index contributed by atoms with van der Waals surface area (Å²) in [6.07, 6.45) is 14.4. The maximum atomic E-state index is 13.9. The van der Waals surface area contributed by atoms with Gasteiger partial charge in [-0.1, -0.05) is 78.0 Å². The first-order valence-corrected chi connectivity index (χ1v) is 9.43. The molecule has 0 aliphatic heterocycles. The quantitative estimate of drug-likeness (QED) is 0.131. The van der Waals surface area contributed by atoms with Gasteiger partial charge in [-0.3, -0.25) is 0 Å². The highest BCUT2D eigenvalue weighted by atomic mass is 19.2. The summed E-state index contributed by atoms with van der Waals surface area (Å²) in [5.74, 6) is -13.4. The number of rotatable bonds is 6. The molecule has 32 heavy (non-hydrogen) atoms. The van der Waals surface area contributed by atoms with Gasteiger partial charge in [-0.15, -0.1) is 0 Å². The van der Waals surface area contributed by atoms with Crippen molar-refractivity contribution in [2.45, 2.75) is 6.42 Å². The van der Waals surface area contributed by atoms with Gasteiger partial charge in [0.25, 0.3) is 0 Å². The summed E-state index contributed by atoms with van der Waals surface area (Å²) >= 11 is 0. The van der Waals surface area contributed by atoms with Crippen LogP contribution in [0.5, 0.6) is 0 Å². The van der Waals surface area contributed by atoms with Gasteiger partial charge < -0.3 is 4.84 Å². The molecule has 2 aromatic carbocycles. The number of oxime groups is 1. The molecule has 0 spiro atoms. The second kappa shape index (κ2) is 10.5. The summed E-state index contributed by atoms with van der Waals surface area (Å²) < 4.78 is 67.7. The molecule has 0 radical (unpaired) electrons. The average Bonchev–Trinajstić information content (AvgIpc) is 3.07. The Labute approximate surface area is 180 Å². The predicted octanol–water partition coefficient (Wildman–Crippen LogP) is 6.30. The van der Waals surface area contributed by atoms with E-state index in [1.807, 2.05) is 66.8 Å². The second-order valence-corrected chi connectivity index (χ2v) is 6.67. The highest BCUT2D eigenvalue weighted by Crippen LogP contribution is 2.24. The number of hydrogen-bond acceptors (Lipinski definition) is 3. The molecule has 3 rings (SSSR count). The molecule has 1 aliphatic carbocycles. The lowest BCUT2D eigenvalue weighted by Crippen LogP contribution is -2.14. The zero-order valence-electron chi connectivity index (χ0n) is 16.4. The maximum Gasteiger partial charge on any atom is 0.371 e. The van der Waals surface area contributed by atoms with E-state index in [-0.39, 0.29) is 18.1 Å². The molecular formula is C24H16F5NO2. The number of nitrogens with zero attached hydrogens (tertiary/aromatic N) is 1. The summed E-state index contributed by atoms with van der Waals surface area (Å²) in [4.78, 5) is 16.7. The smallest absolute Gasteiger partial charge is 0.312 e. The van der Waals surface area contributed by atoms with E-state index in [2.05, 4.69) is 9.99 Å². The predicted molar refractivity (Wildman–Crippen MR) is 110 cm³/mol. The first kappa shape index (κ1) is 22.9. The van der Waals surface area contributed by atoms with Gasteiger partial charge in [-0.2, -0.15) is 0 Å². The molecule has 0 fully saturated rings. The third kappa shape index (κ3) is 5.46. The van der Waals surface area contributed by atoms with Crippen LogP contribution in [0.3, 0.4) is 0 Å². The largest absolute Gasteiger partial charge is 0.371 e. The second-order valence-electron chi connectivity index (χ2n) is 6.67. The lowest BCUT2D eigenvalue weighted by molar-refractivity contribution is 0.0501. The molecule has 0 unspecified atom stereocenters. The monoisotopic (exact) mass is 445 g/mol. The lowest BCUT2D eigenvalue weighted by atomic mass is 10.0. The highest BCUT2D eigenvalue weighted by molar-refractivity contribution is 5.99. The van der Waals surface area contributed by atoms with E-state index in [9.17, 15) is 26.7 Å². The lowest BCUT2D eigenvalue weighted by Gasteiger charge is -2.08. The fourth-order valence-corrected chi connectivity index (χ4v) is 2.81. The van der Waals surface area contributed by atoms with Crippen LogP contribution in [0.2, 0.25) is 0 Å². The molecule has 0 saturated carbocycles. The van der Waals surface area contributed by atoms with Crippen LogP contribution in [0.15, 0.2) is 78.0 Å². The summed E-state index contributed by atoms with van der Waals surface area (Å²) in [6.45, 7) is 0. The Kier molecular flexibility index (Phi) is 7.49. The van der Waals surface area contributed by atoms with Crippen LogP contribution < -0.4 is 0 Å². The van der Waals surface area contributed by atoms with Gasteiger partial charge in [-0.25, -0.2) is 26.7 Å². The van der Waals surface area contributed by atoms with Crippen LogP contribution in [0.25, 0.3) is 6.08 Å². The minimum atomic E-state index is -2.37. The van der Waals surface area contributed by atoms with Crippen molar-refractivity contribution >= 4 is 17.8 Å². The molecule has 0 heterocycles. The first-order valence-electron chi connectivity index (χ1n) is 9.43. The minimum absolute atomic E-state index is 0.142. The van der Waals surface area contributed by atoms with E-state index in [1.165, 1.54) is 6.08 Å². The van der Waals surface area contributed by atoms with Crippen LogP contribution in [0, 0.1) is 35.0 Å². The van der Waals surface area contributed by atoms with Crippen LogP contribution >= 0.6 is 0 Å². The fourth-order valence-electron chi connectivity index (χ4n) is 2.81. The van der Waals surface area contributed by atoms with Crippen molar-refractivity contribution < 1.29 is 31.6 Å². The van der Waals surface area contributed by atoms with Crippen molar-refractivity contribution in [1.82, 2.24) is 0 Å². The Bertz CT molecular complexity index is 1110. The van der Waals surface area contributed by atoms with Crippen LogP contribution in [0.4, 0.5) is 22.0 Å². The Morgan fingerprint density at radius 2 is 1.41 bits per heavy atom. The van der Waals surface area contributed by atoms with Crippen molar-refractivity contribution in [2.75, 3.05) is 0 Å². The Hall–Kier alpha value is -3.81. The Morgan fingerprint density at radius 3 is 2.00 bits per heavy atom. The van der Waals surface area contributed by atoms with Gasteiger partial charge in [0, 0.05) is 12.3 Å². The van der Waals surface area contributed by atoms with Crippen molar-refractivity contribution in [3.63, 3.8) is 0 Å². The van der Waals surface area contributed by atoms with Crippen LogP contribution in [0.1, 0.15) is 22.3 Å². The molecule has 0 bridgehead atoms. The maximum absolute atomic E-state index is 13.9. The number of carbonyl (C=O) groups is 1. The van der Waals surface area contributed by atoms with Gasteiger partial charge >= 0.3 is 5.97 Å². The molecule has 8 heteroatoms. The summed E-state index contributed by atoms with van der Waals surface area (Å²) in [5.41, 5.74) is -0.706. The van der Waals surface area contributed by atoms with Crippen molar-refractivity contribution in [3.05, 3.63) is 113 Å². The number of halogens is 5. The van der Waals surface area contributed by atoms with Crippen molar-refractivity contribution in [2.24, 2.45) is 11.1 Å². The number of allylic oxidation sites excluding steroid dienone is 7. The van der Waals surface area contributed by atoms with Crippen LogP contribution in [-0.2, 0) is 4.84 Å². The fraction of sp³-hybridized carbons (Fsp3) is 0.0833. The Balaban J connectivity index is 1.88. The third-order valence-electron chi connectivity index (χ3n) is 4.42. The van der Waals surface area contributed by atoms with Gasteiger partial charge in [0.2, 0.25) is 5.82 Å². The third-order valence-corrected chi connectivity index (χ3v) is 4.42. The van der Waals surface area contributed by atoms with E-state index < -0.39 is 40.6 Å². The van der Waals surface area contributed by atoms with Gasteiger partial charge in [0.05, 0.1) is 5.71 Å². The minimum Gasteiger partial charge on any atom is -0.312 e. The molecule has 0 saturated heterocycles. The number of hydrogen-bond donors (Lipinski definition) is 0. The van der Waals surface area contributed by atoms with E-state index in [0.717, 1.165) is 5.56 Å². The molecule has 0 atom stereocenters. The molecule has 0 aromatic heterocycles. The first-order chi connectivity index (χ1) is 15.4. The van der Waals surface area contributed by atoms with E-state index >= 15 is 0 Å². The van der Waals surface area contributed by atoms with Crippen LogP contribution in [-0.4, -0.2) is 11.7 Å². The Morgan fingerprint density at radius 1 is 0.844 bits per heavy atom. The van der Waals surface area contributed by atoms with Crippen molar-refractivity contribution in [1.29, 1.82) is 0 Å². The molecule has 0 N–H and O–H groups in total. The highest BCUT2D eigenvalue weighted by Gasteiger charge is 2.31. The summed E-state index contributed by atoms with van der Waals surface area (Å²) in [6, 6.07) is 9.06. The standard InChI is InChI=1S/C24H16F5NO2/c25-19-18(20(26)22(28)23(29)21(19)27)24(31)32-30-17(13-12-15-8-6-3-7-9-15)14-16-10-4-1-2-5-11-16/h1-13,16H,14H2/b13-12+,30-17-. The van der Waals surface area contributed by atoms with E-state index in [1.54, 1.807) is 6.08 Å². The summed E-state index contributed by atoms with van der Waals surface area (Å²) in [5, 5.41) is 3.62. The SMILES string of the molecule is O=C(O/N=C(/C=C/c1ccccc1)CC1C=CC=CC=C1)c1c(F)c(F)c(F)c(F)c1F. The zero-order chi connectivity index (χ0) is 23.1. The molecule has 3 nitrogen and oxygen atoms in total. The number of carbonyl (C=O) groups excluding carboxylic acids is 1. The zero-order valence-corrected chi connectivity index (χ0v) is 16.4. The topological polar surface area (TPSA) is 38.7 Å². The van der Waals surface area contributed by atoms with Crippen molar-refractivity contribution in [3.8, 4) is 0 Å². The number of benzene rings is 2. The van der Waals surface area contributed by atoms with Gasteiger partial charge in [0.15, 0.2) is 23.3 Å². The summed E-state index contributed by atoms with van der Waals surface area (Å²) in [7, 11) is 0. The van der Waals surface area contributed by atoms with Gasteiger partial charge in [0.1, 0.15) is 5.56 Å². The molecule has 1 aliphatic rings. The van der Waals surface area contributed by atoms with E-state index in [4.69, 9.17) is 0 Å². The molecule has 0 amide bonds. The molecular weight excluding hydrogens is 429 g/mol. The average molecular weight is 445 g/mol. The van der Waals surface area contributed by atoms with E-state index in [0.29, 0.717) is 0 Å². The molecule has 164 valence electrons. The molecule has 2 aromatic rings. The van der Waals surface area contributed by atoms with Gasteiger partial charge in [-0.05, 0) is 11.6 Å².